The molecular formula is C17H23NO4. The minimum atomic E-state index is -0.115. The standard InChI is InChI=1S/C17H23NO4/c1-2-20-17(19)7-9-18-8-3-4-14(18)13-5-6-15-16(12-13)22-11-10-21-15/h5-6,12,14H,2-4,7-11H2,1H3. The third-order valence-corrected chi connectivity index (χ3v) is 4.22. The summed E-state index contributed by atoms with van der Waals surface area (Å²) >= 11 is 0. The lowest BCUT2D eigenvalue weighted by Crippen LogP contribution is -2.26. The van der Waals surface area contributed by atoms with Crippen LogP contribution in [0.15, 0.2) is 18.2 Å². The van der Waals surface area contributed by atoms with Crippen LogP contribution in [0.25, 0.3) is 0 Å². The van der Waals surface area contributed by atoms with Crippen LogP contribution in [0.1, 0.15) is 37.8 Å². The highest BCUT2D eigenvalue weighted by atomic mass is 16.6. The summed E-state index contributed by atoms with van der Waals surface area (Å²) in [6, 6.07) is 6.54. The van der Waals surface area contributed by atoms with E-state index in [-0.39, 0.29) is 5.97 Å². The second kappa shape index (κ2) is 7.01. The molecule has 1 aromatic rings. The van der Waals surface area contributed by atoms with Crippen LogP contribution in [0.2, 0.25) is 0 Å². The Kier molecular flexibility index (Phi) is 4.83. The monoisotopic (exact) mass is 305 g/mol. The molecule has 2 aliphatic heterocycles. The first-order chi connectivity index (χ1) is 10.8. The summed E-state index contributed by atoms with van der Waals surface area (Å²) in [4.78, 5) is 13.9. The van der Waals surface area contributed by atoms with Crippen LogP contribution in [0.5, 0.6) is 11.5 Å². The second-order valence-electron chi connectivity index (χ2n) is 5.65. The molecule has 0 radical (unpaired) electrons. The summed E-state index contributed by atoms with van der Waals surface area (Å²) in [5.74, 6) is 1.54. The van der Waals surface area contributed by atoms with Crippen molar-refractivity contribution < 1.29 is 19.0 Å². The van der Waals surface area contributed by atoms with Gasteiger partial charge in [-0.15, -0.1) is 0 Å². The average molecular weight is 305 g/mol. The van der Waals surface area contributed by atoms with E-state index < -0.39 is 0 Å². The number of carbonyl (C=O) groups excluding carboxylic acids is 1. The van der Waals surface area contributed by atoms with Crippen molar-refractivity contribution in [1.29, 1.82) is 0 Å². The van der Waals surface area contributed by atoms with Crippen LogP contribution >= 0.6 is 0 Å². The van der Waals surface area contributed by atoms with E-state index in [9.17, 15) is 4.79 Å². The van der Waals surface area contributed by atoms with Crippen LogP contribution in [0.4, 0.5) is 0 Å². The molecule has 2 heterocycles. The first kappa shape index (κ1) is 15.2. The average Bonchev–Trinajstić information content (AvgIpc) is 3.01. The van der Waals surface area contributed by atoms with Gasteiger partial charge in [0, 0.05) is 12.6 Å². The Morgan fingerprint density at radius 2 is 2.14 bits per heavy atom. The summed E-state index contributed by atoms with van der Waals surface area (Å²) in [7, 11) is 0. The molecule has 0 spiro atoms. The fraction of sp³-hybridized carbons (Fsp3) is 0.588. The Labute approximate surface area is 131 Å². The van der Waals surface area contributed by atoms with E-state index in [1.165, 1.54) is 5.56 Å². The van der Waals surface area contributed by atoms with Gasteiger partial charge in [-0.05, 0) is 44.0 Å². The SMILES string of the molecule is CCOC(=O)CCN1CCCC1c1ccc2c(c1)OCCO2. The molecule has 1 unspecified atom stereocenters. The van der Waals surface area contributed by atoms with E-state index in [2.05, 4.69) is 17.0 Å². The molecule has 3 rings (SSSR count). The zero-order valence-corrected chi connectivity index (χ0v) is 13.0. The normalized spacial score (nSPS) is 20.9. The van der Waals surface area contributed by atoms with Gasteiger partial charge in [0.25, 0.3) is 0 Å². The van der Waals surface area contributed by atoms with E-state index >= 15 is 0 Å². The van der Waals surface area contributed by atoms with Gasteiger partial charge < -0.3 is 14.2 Å². The molecule has 1 saturated heterocycles. The van der Waals surface area contributed by atoms with E-state index in [1.807, 2.05) is 13.0 Å². The molecule has 1 aromatic carbocycles. The number of carbonyl (C=O) groups is 1. The van der Waals surface area contributed by atoms with Crippen molar-refractivity contribution in [2.24, 2.45) is 0 Å². The summed E-state index contributed by atoms with van der Waals surface area (Å²) in [6.45, 7) is 5.28. The van der Waals surface area contributed by atoms with Crippen molar-refractivity contribution >= 4 is 5.97 Å². The van der Waals surface area contributed by atoms with Crippen molar-refractivity contribution in [3.8, 4) is 11.5 Å². The van der Waals surface area contributed by atoms with E-state index in [0.29, 0.717) is 32.3 Å². The number of fused-ring (bicyclic) bond motifs is 1. The quantitative estimate of drug-likeness (QED) is 0.782. The molecule has 0 N–H and O–H groups in total. The number of hydrogen-bond acceptors (Lipinski definition) is 5. The Morgan fingerprint density at radius 1 is 1.32 bits per heavy atom. The molecule has 0 aliphatic carbocycles. The molecule has 2 aliphatic rings. The second-order valence-corrected chi connectivity index (χ2v) is 5.65. The molecule has 1 fully saturated rings. The maximum absolute atomic E-state index is 11.5. The third kappa shape index (κ3) is 3.35. The topological polar surface area (TPSA) is 48.0 Å². The predicted octanol–water partition coefficient (Wildman–Crippen LogP) is 2.55. The van der Waals surface area contributed by atoms with Crippen molar-refractivity contribution in [3.63, 3.8) is 0 Å². The van der Waals surface area contributed by atoms with Crippen LogP contribution in [-0.2, 0) is 9.53 Å². The van der Waals surface area contributed by atoms with Crippen molar-refractivity contribution in [2.45, 2.75) is 32.2 Å². The molecule has 22 heavy (non-hydrogen) atoms. The maximum Gasteiger partial charge on any atom is 0.307 e. The van der Waals surface area contributed by atoms with Crippen molar-refractivity contribution in [3.05, 3.63) is 23.8 Å². The molecule has 5 heteroatoms. The molecular weight excluding hydrogens is 282 g/mol. The highest BCUT2D eigenvalue weighted by molar-refractivity contribution is 5.69. The Bertz CT molecular complexity index is 531. The summed E-state index contributed by atoms with van der Waals surface area (Å²) < 4.78 is 16.3. The molecule has 5 nitrogen and oxygen atoms in total. The Hall–Kier alpha value is -1.75. The zero-order valence-electron chi connectivity index (χ0n) is 13.0. The number of ether oxygens (including phenoxy) is 3. The molecule has 0 amide bonds. The van der Waals surface area contributed by atoms with Gasteiger partial charge in [-0.1, -0.05) is 6.07 Å². The summed E-state index contributed by atoms with van der Waals surface area (Å²) in [5, 5.41) is 0. The first-order valence-electron chi connectivity index (χ1n) is 8.07. The molecule has 120 valence electrons. The highest BCUT2D eigenvalue weighted by Crippen LogP contribution is 2.37. The van der Waals surface area contributed by atoms with Crippen LogP contribution in [0.3, 0.4) is 0 Å². The summed E-state index contributed by atoms with van der Waals surface area (Å²) in [5.41, 5.74) is 1.24. The lowest BCUT2D eigenvalue weighted by atomic mass is 10.0. The number of rotatable bonds is 5. The van der Waals surface area contributed by atoms with E-state index in [1.54, 1.807) is 0 Å². The minimum absolute atomic E-state index is 0.115. The predicted molar refractivity (Wildman–Crippen MR) is 82.2 cm³/mol. The van der Waals surface area contributed by atoms with Crippen LogP contribution in [0, 0.1) is 0 Å². The fourth-order valence-corrected chi connectivity index (χ4v) is 3.21. The van der Waals surface area contributed by atoms with Gasteiger partial charge in [0.05, 0.1) is 13.0 Å². The molecule has 0 saturated carbocycles. The van der Waals surface area contributed by atoms with Crippen LogP contribution in [-0.4, -0.2) is 43.8 Å². The molecule has 0 aromatic heterocycles. The van der Waals surface area contributed by atoms with Gasteiger partial charge >= 0.3 is 5.97 Å². The van der Waals surface area contributed by atoms with Gasteiger partial charge in [-0.3, -0.25) is 9.69 Å². The van der Waals surface area contributed by atoms with Crippen LogP contribution < -0.4 is 9.47 Å². The smallest absolute Gasteiger partial charge is 0.307 e. The Morgan fingerprint density at radius 3 is 2.95 bits per heavy atom. The minimum Gasteiger partial charge on any atom is -0.486 e. The lowest BCUT2D eigenvalue weighted by molar-refractivity contribution is -0.143. The molecule has 0 bridgehead atoms. The number of likely N-dealkylation sites (tertiary alicyclic amines) is 1. The molecule has 1 atom stereocenters. The number of nitrogens with zero attached hydrogens (tertiary/aromatic N) is 1. The fourth-order valence-electron chi connectivity index (χ4n) is 3.21. The third-order valence-electron chi connectivity index (χ3n) is 4.22. The van der Waals surface area contributed by atoms with Gasteiger partial charge in [0.1, 0.15) is 13.2 Å². The number of hydrogen-bond donors (Lipinski definition) is 0. The van der Waals surface area contributed by atoms with Crippen molar-refractivity contribution in [2.75, 3.05) is 32.9 Å². The maximum atomic E-state index is 11.5. The number of benzene rings is 1. The lowest BCUT2D eigenvalue weighted by Gasteiger charge is -2.26. The van der Waals surface area contributed by atoms with Gasteiger partial charge in [-0.2, -0.15) is 0 Å². The van der Waals surface area contributed by atoms with Gasteiger partial charge in [0.15, 0.2) is 11.5 Å². The van der Waals surface area contributed by atoms with E-state index in [4.69, 9.17) is 14.2 Å². The van der Waals surface area contributed by atoms with Crippen molar-refractivity contribution in [1.82, 2.24) is 4.90 Å². The summed E-state index contributed by atoms with van der Waals surface area (Å²) in [6.07, 6.45) is 2.72. The highest BCUT2D eigenvalue weighted by Gasteiger charge is 2.27. The van der Waals surface area contributed by atoms with Gasteiger partial charge in [-0.25, -0.2) is 0 Å². The number of esters is 1. The Balaban J connectivity index is 1.66. The zero-order chi connectivity index (χ0) is 15.4. The van der Waals surface area contributed by atoms with E-state index in [0.717, 1.165) is 37.4 Å². The largest absolute Gasteiger partial charge is 0.486 e. The first-order valence-corrected chi connectivity index (χ1v) is 8.07. The van der Waals surface area contributed by atoms with Gasteiger partial charge in [0.2, 0.25) is 0 Å².